The van der Waals surface area contributed by atoms with Gasteiger partial charge in [0.1, 0.15) is 0 Å². The van der Waals surface area contributed by atoms with Crippen molar-refractivity contribution in [2.75, 3.05) is 26.2 Å². The molecule has 9 heteroatoms. The summed E-state index contributed by atoms with van der Waals surface area (Å²) < 4.78 is 31.9. The third kappa shape index (κ3) is 3.35. The maximum absolute atomic E-state index is 12.7. The lowest BCUT2D eigenvalue weighted by molar-refractivity contribution is 0.0663. The molecular formula is C17H18N2O6S. The molecule has 26 heavy (non-hydrogen) atoms. The molecule has 0 radical (unpaired) electrons. The molecule has 0 spiro atoms. The van der Waals surface area contributed by atoms with Gasteiger partial charge in [0, 0.05) is 31.7 Å². The van der Waals surface area contributed by atoms with Crippen LogP contribution in [0.4, 0.5) is 0 Å². The summed E-state index contributed by atoms with van der Waals surface area (Å²) in [6.07, 6.45) is 1.45. The largest absolute Gasteiger partial charge is 0.478 e. The number of carboxylic acids is 1. The second-order valence-electron chi connectivity index (χ2n) is 5.96. The van der Waals surface area contributed by atoms with Crippen molar-refractivity contribution in [1.82, 2.24) is 9.21 Å². The maximum Gasteiger partial charge on any atom is 0.335 e. The summed E-state index contributed by atoms with van der Waals surface area (Å²) in [7, 11) is -3.74. The average Bonchev–Trinajstić information content (AvgIpc) is 3.07. The summed E-state index contributed by atoms with van der Waals surface area (Å²) in [6.45, 7) is 2.61. The Bertz CT molecular complexity index is 924. The number of amides is 1. The molecule has 1 aliphatic rings. The van der Waals surface area contributed by atoms with E-state index in [1.807, 2.05) is 0 Å². The Balaban J connectivity index is 1.69. The monoisotopic (exact) mass is 378 g/mol. The Morgan fingerprint density at radius 1 is 1.04 bits per heavy atom. The van der Waals surface area contributed by atoms with E-state index in [-0.39, 0.29) is 48.3 Å². The minimum atomic E-state index is -3.74. The maximum atomic E-state index is 12.7. The topological polar surface area (TPSA) is 108 Å². The van der Waals surface area contributed by atoms with E-state index in [1.54, 1.807) is 17.9 Å². The van der Waals surface area contributed by atoms with Gasteiger partial charge < -0.3 is 14.4 Å². The van der Waals surface area contributed by atoms with Gasteiger partial charge in [0.15, 0.2) is 5.76 Å². The molecule has 0 bridgehead atoms. The predicted molar refractivity (Wildman–Crippen MR) is 91.5 cm³/mol. The van der Waals surface area contributed by atoms with Crippen LogP contribution in [0.15, 0.2) is 45.9 Å². The molecule has 8 nitrogen and oxygen atoms in total. The van der Waals surface area contributed by atoms with Gasteiger partial charge in [-0.05, 0) is 37.3 Å². The number of sulfonamides is 1. The van der Waals surface area contributed by atoms with Crippen LogP contribution in [0.1, 0.15) is 26.5 Å². The molecule has 0 atom stereocenters. The smallest absolute Gasteiger partial charge is 0.335 e. The molecule has 1 amide bonds. The number of aromatic carboxylic acids is 1. The van der Waals surface area contributed by atoms with Crippen molar-refractivity contribution >= 4 is 21.9 Å². The molecule has 0 aliphatic carbocycles. The van der Waals surface area contributed by atoms with E-state index in [0.29, 0.717) is 0 Å². The number of benzene rings is 1. The molecule has 2 heterocycles. The van der Waals surface area contributed by atoms with Crippen molar-refractivity contribution in [2.45, 2.75) is 11.8 Å². The summed E-state index contributed by atoms with van der Waals surface area (Å²) in [6, 6.07) is 6.78. The summed E-state index contributed by atoms with van der Waals surface area (Å²) in [4.78, 5) is 24.9. The van der Waals surface area contributed by atoms with E-state index in [2.05, 4.69) is 0 Å². The molecule has 1 aliphatic heterocycles. The highest BCUT2D eigenvalue weighted by molar-refractivity contribution is 7.89. The van der Waals surface area contributed by atoms with Crippen LogP contribution in [0.25, 0.3) is 0 Å². The van der Waals surface area contributed by atoms with E-state index in [4.69, 9.17) is 9.52 Å². The first-order valence-electron chi connectivity index (χ1n) is 7.97. The Morgan fingerprint density at radius 3 is 2.15 bits per heavy atom. The van der Waals surface area contributed by atoms with Gasteiger partial charge in [-0.3, -0.25) is 4.79 Å². The molecule has 3 rings (SSSR count). The molecule has 0 saturated carbocycles. The van der Waals surface area contributed by atoms with Gasteiger partial charge in [-0.1, -0.05) is 0 Å². The minimum absolute atomic E-state index is 0.0215. The van der Waals surface area contributed by atoms with Crippen molar-refractivity contribution < 1.29 is 27.5 Å². The zero-order valence-electron chi connectivity index (χ0n) is 14.1. The average molecular weight is 378 g/mol. The van der Waals surface area contributed by atoms with Crippen LogP contribution in [0.2, 0.25) is 0 Å². The second kappa shape index (κ2) is 6.93. The molecule has 0 unspecified atom stereocenters. The van der Waals surface area contributed by atoms with Crippen LogP contribution in [0, 0.1) is 6.92 Å². The lowest BCUT2D eigenvalue weighted by Gasteiger charge is -2.33. The SMILES string of the molecule is Cc1ccoc1C(=O)N1CCN(S(=O)(=O)c2ccc(C(=O)O)cc2)CC1. The third-order valence-corrected chi connectivity index (χ3v) is 6.23. The summed E-state index contributed by atoms with van der Waals surface area (Å²) in [5, 5.41) is 8.90. The van der Waals surface area contributed by atoms with Gasteiger partial charge in [0.05, 0.1) is 16.7 Å². The van der Waals surface area contributed by atoms with Crippen LogP contribution < -0.4 is 0 Å². The highest BCUT2D eigenvalue weighted by Crippen LogP contribution is 2.20. The Morgan fingerprint density at radius 2 is 1.65 bits per heavy atom. The fourth-order valence-electron chi connectivity index (χ4n) is 2.79. The van der Waals surface area contributed by atoms with Gasteiger partial charge in [0.25, 0.3) is 5.91 Å². The lowest BCUT2D eigenvalue weighted by Crippen LogP contribution is -2.50. The molecule has 1 fully saturated rings. The zero-order chi connectivity index (χ0) is 18.9. The van der Waals surface area contributed by atoms with Gasteiger partial charge in [-0.25, -0.2) is 13.2 Å². The molecule has 1 aromatic carbocycles. The Hall–Kier alpha value is -2.65. The molecular weight excluding hydrogens is 360 g/mol. The van der Waals surface area contributed by atoms with Gasteiger partial charge >= 0.3 is 5.97 Å². The van der Waals surface area contributed by atoms with Crippen LogP contribution in [-0.2, 0) is 10.0 Å². The number of furan rings is 1. The number of carbonyl (C=O) groups is 2. The van der Waals surface area contributed by atoms with Crippen LogP contribution >= 0.6 is 0 Å². The summed E-state index contributed by atoms with van der Waals surface area (Å²) in [5.74, 6) is -1.10. The van der Waals surface area contributed by atoms with E-state index in [1.165, 1.54) is 34.8 Å². The van der Waals surface area contributed by atoms with Crippen molar-refractivity contribution in [3.8, 4) is 0 Å². The van der Waals surface area contributed by atoms with Gasteiger partial charge in [0.2, 0.25) is 10.0 Å². The van der Waals surface area contributed by atoms with Crippen molar-refractivity contribution in [3.05, 3.63) is 53.5 Å². The molecule has 1 N–H and O–H groups in total. The first-order chi connectivity index (χ1) is 12.3. The van der Waals surface area contributed by atoms with Crippen LogP contribution in [-0.4, -0.2) is 60.8 Å². The number of nitrogens with zero attached hydrogens (tertiary/aromatic N) is 2. The van der Waals surface area contributed by atoms with Gasteiger partial charge in [-0.15, -0.1) is 0 Å². The Labute approximate surface area is 150 Å². The molecule has 1 aromatic heterocycles. The summed E-state index contributed by atoms with van der Waals surface area (Å²) in [5.41, 5.74) is 0.761. The lowest BCUT2D eigenvalue weighted by atomic mass is 10.2. The third-order valence-electron chi connectivity index (χ3n) is 4.32. The van der Waals surface area contributed by atoms with E-state index >= 15 is 0 Å². The molecule has 2 aromatic rings. The van der Waals surface area contributed by atoms with Crippen LogP contribution in [0.5, 0.6) is 0 Å². The first kappa shape index (κ1) is 18.2. The second-order valence-corrected chi connectivity index (χ2v) is 7.90. The van der Waals surface area contributed by atoms with E-state index < -0.39 is 16.0 Å². The molecule has 1 saturated heterocycles. The first-order valence-corrected chi connectivity index (χ1v) is 9.41. The fourth-order valence-corrected chi connectivity index (χ4v) is 4.21. The van der Waals surface area contributed by atoms with Crippen molar-refractivity contribution in [1.29, 1.82) is 0 Å². The fraction of sp³-hybridized carbons (Fsp3) is 0.294. The van der Waals surface area contributed by atoms with Crippen LogP contribution in [0.3, 0.4) is 0 Å². The number of piperazine rings is 1. The predicted octanol–water partition coefficient (Wildman–Crippen LogP) is 1.43. The quantitative estimate of drug-likeness (QED) is 0.862. The number of rotatable bonds is 4. The highest BCUT2D eigenvalue weighted by atomic mass is 32.2. The normalized spacial score (nSPS) is 15.8. The highest BCUT2D eigenvalue weighted by Gasteiger charge is 2.31. The Kier molecular flexibility index (Phi) is 4.84. The van der Waals surface area contributed by atoms with Crippen molar-refractivity contribution in [2.24, 2.45) is 0 Å². The number of carbonyl (C=O) groups excluding carboxylic acids is 1. The van der Waals surface area contributed by atoms with Gasteiger partial charge in [-0.2, -0.15) is 4.31 Å². The summed E-state index contributed by atoms with van der Waals surface area (Å²) >= 11 is 0. The standard InChI is InChI=1S/C17H18N2O6S/c1-12-6-11-25-15(12)16(20)18-7-9-19(10-8-18)26(23,24)14-4-2-13(3-5-14)17(21)22/h2-6,11H,7-10H2,1H3,(H,21,22). The van der Waals surface area contributed by atoms with E-state index in [0.717, 1.165) is 5.56 Å². The molecule has 138 valence electrons. The van der Waals surface area contributed by atoms with E-state index in [9.17, 15) is 18.0 Å². The minimum Gasteiger partial charge on any atom is -0.478 e. The number of carboxylic acid groups (broad SMARTS) is 1. The number of hydrogen-bond donors (Lipinski definition) is 1. The zero-order valence-corrected chi connectivity index (χ0v) is 14.9. The van der Waals surface area contributed by atoms with Crippen molar-refractivity contribution in [3.63, 3.8) is 0 Å². The number of aryl methyl sites for hydroxylation is 1. The number of hydrogen-bond acceptors (Lipinski definition) is 5.